The Morgan fingerprint density at radius 2 is 2.14 bits per heavy atom. The quantitative estimate of drug-likeness (QED) is 0.490. The van der Waals surface area contributed by atoms with Crippen molar-refractivity contribution in [2.45, 2.75) is 6.54 Å². The van der Waals surface area contributed by atoms with Crippen molar-refractivity contribution in [2.24, 2.45) is 5.10 Å². The largest absolute Gasteiger partial charge is 0.301 e. The first-order chi connectivity index (χ1) is 10.1. The Kier molecular flexibility index (Phi) is 4.19. The van der Waals surface area contributed by atoms with Crippen molar-refractivity contribution in [3.63, 3.8) is 0 Å². The van der Waals surface area contributed by atoms with Gasteiger partial charge in [0.15, 0.2) is 0 Å². The molecule has 0 bridgehead atoms. The lowest BCUT2D eigenvalue weighted by Gasteiger charge is -2.01. The maximum Gasteiger partial charge on any atom is 0.301 e. The van der Waals surface area contributed by atoms with Gasteiger partial charge in [-0.1, -0.05) is 0 Å². The van der Waals surface area contributed by atoms with E-state index < -0.39 is 15.5 Å². The number of rotatable bonds is 6. The highest BCUT2D eigenvalue weighted by molar-refractivity contribution is 5.67. The van der Waals surface area contributed by atoms with Crippen LogP contribution in [0.4, 0.5) is 17.1 Å². The van der Waals surface area contributed by atoms with Crippen LogP contribution in [-0.2, 0) is 6.54 Å². The molecule has 0 aliphatic rings. The van der Waals surface area contributed by atoms with Crippen molar-refractivity contribution < 1.29 is 9.85 Å². The van der Waals surface area contributed by atoms with Crippen LogP contribution in [0, 0.1) is 20.2 Å². The molecule has 0 atom stereocenters. The molecule has 1 aromatic heterocycles. The van der Waals surface area contributed by atoms with Gasteiger partial charge in [-0.25, -0.2) is 0 Å². The Bertz CT molecular complexity index is 682. The smallest absolute Gasteiger partial charge is 0.272 e. The van der Waals surface area contributed by atoms with E-state index in [0.29, 0.717) is 6.54 Å². The van der Waals surface area contributed by atoms with E-state index in [9.17, 15) is 20.2 Å². The SMILES string of the molecule is O=[N+]([O-])c1ccc(N/N=C/Cn2cccn2)c([N+](=O)[O-])c1. The number of anilines is 1. The van der Waals surface area contributed by atoms with Gasteiger partial charge in [0.2, 0.25) is 0 Å². The molecule has 0 radical (unpaired) electrons. The van der Waals surface area contributed by atoms with Crippen LogP contribution in [0.25, 0.3) is 0 Å². The lowest BCUT2D eigenvalue weighted by molar-refractivity contribution is -0.393. The molecule has 21 heavy (non-hydrogen) atoms. The summed E-state index contributed by atoms with van der Waals surface area (Å²) in [4.78, 5) is 20.1. The Balaban J connectivity index is 2.10. The molecule has 0 saturated carbocycles. The van der Waals surface area contributed by atoms with Gasteiger partial charge in [-0.15, -0.1) is 0 Å². The molecule has 1 heterocycles. The van der Waals surface area contributed by atoms with Crippen molar-refractivity contribution >= 4 is 23.3 Å². The highest BCUT2D eigenvalue weighted by Crippen LogP contribution is 2.28. The molecule has 0 fully saturated rings. The number of nitrogens with one attached hydrogen (secondary N) is 1. The molecule has 0 spiro atoms. The molecule has 2 aromatic rings. The predicted octanol–water partition coefficient (Wildman–Crippen LogP) is 1.80. The average Bonchev–Trinajstić information content (AvgIpc) is 2.96. The van der Waals surface area contributed by atoms with Crippen molar-refractivity contribution in [1.29, 1.82) is 0 Å². The van der Waals surface area contributed by atoms with Crippen LogP contribution >= 0.6 is 0 Å². The van der Waals surface area contributed by atoms with Gasteiger partial charge in [0.25, 0.3) is 5.69 Å². The zero-order valence-electron chi connectivity index (χ0n) is 10.6. The normalized spacial score (nSPS) is 10.7. The fraction of sp³-hybridized carbons (Fsp3) is 0.0909. The number of nitrogens with zero attached hydrogens (tertiary/aromatic N) is 5. The molecule has 0 aliphatic heterocycles. The molecule has 0 saturated heterocycles. The van der Waals surface area contributed by atoms with Crippen molar-refractivity contribution in [3.8, 4) is 0 Å². The Labute approximate surface area is 118 Å². The van der Waals surface area contributed by atoms with Crippen LogP contribution in [0.1, 0.15) is 0 Å². The van der Waals surface area contributed by atoms with Gasteiger partial charge in [0.05, 0.1) is 22.5 Å². The Hall–Kier alpha value is -3.30. The van der Waals surface area contributed by atoms with E-state index in [1.165, 1.54) is 18.3 Å². The number of aromatic nitrogens is 2. The van der Waals surface area contributed by atoms with Gasteiger partial charge in [0, 0.05) is 24.7 Å². The van der Waals surface area contributed by atoms with Crippen molar-refractivity contribution in [2.75, 3.05) is 5.43 Å². The third kappa shape index (κ3) is 3.59. The topological polar surface area (TPSA) is 128 Å². The summed E-state index contributed by atoms with van der Waals surface area (Å²) in [6.07, 6.45) is 4.82. The van der Waals surface area contributed by atoms with E-state index in [0.717, 1.165) is 6.07 Å². The summed E-state index contributed by atoms with van der Waals surface area (Å²) in [6, 6.07) is 5.04. The molecule has 10 heteroatoms. The second-order valence-electron chi connectivity index (χ2n) is 3.87. The highest BCUT2D eigenvalue weighted by Gasteiger charge is 2.18. The van der Waals surface area contributed by atoms with Gasteiger partial charge in [-0.3, -0.25) is 30.3 Å². The monoisotopic (exact) mass is 290 g/mol. The fourth-order valence-electron chi connectivity index (χ4n) is 1.53. The summed E-state index contributed by atoms with van der Waals surface area (Å²) in [5.41, 5.74) is 1.79. The van der Waals surface area contributed by atoms with E-state index in [1.54, 1.807) is 23.1 Å². The minimum atomic E-state index is -0.710. The number of non-ortho nitro benzene ring substituents is 1. The highest BCUT2D eigenvalue weighted by atomic mass is 16.6. The van der Waals surface area contributed by atoms with Gasteiger partial charge >= 0.3 is 5.69 Å². The summed E-state index contributed by atoms with van der Waals surface area (Å²) < 4.78 is 1.61. The lowest BCUT2D eigenvalue weighted by atomic mass is 10.2. The van der Waals surface area contributed by atoms with E-state index in [2.05, 4.69) is 15.6 Å². The number of hydrogen-bond acceptors (Lipinski definition) is 7. The molecule has 108 valence electrons. The zero-order valence-corrected chi connectivity index (χ0v) is 10.6. The number of hydrazone groups is 1. The number of benzene rings is 1. The summed E-state index contributed by atoms with van der Waals surface area (Å²) >= 11 is 0. The van der Waals surface area contributed by atoms with Crippen LogP contribution in [0.15, 0.2) is 41.8 Å². The molecule has 2 rings (SSSR count). The number of nitro groups is 2. The molecular weight excluding hydrogens is 280 g/mol. The first-order valence-electron chi connectivity index (χ1n) is 5.75. The predicted molar refractivity (Wildman–Crippen MR) is 74.1 cm³/mol. The maximum atomic E-state index is 10.9. The van der Waals surface area contributed by atoms with Gasteiger partial charge in [-0.05, 0) is 12.1 Å². The maximum absolute atomic E-state index is 10.9. The van der Waals surface area contributed by atoms with E-state index >= 15 is 0 Å². The summed E-state index contributed by atoms with van der Waals surface area (Å²) in [5.74, 6) is 0. The summed E-state index contributed by atoms with van der Waals surface area (Å²) in [6.45, 7) is 0.390. The standard InChI is InChI=1S/C11H10N6O4/c18-16(19)9-2-3-10(11(8-9)17(20)21)14-12-5-7-15-6-1-4-13-15/h1-6,8,14H,7H2/b12-5+. The van der Waals surface area contributed by atoms with Crippen molar-refractivity contribution in [3.05, 3.63) is 56.9 Å². The minimum absolute atomic E-state index is 0.0716. The lowest BCUT2D eigenvalue weighted by Crippen LogP contribution is -2.02. The van der Waals surface area contributed by atoms with Gasteiger partial charge in [0.1, 0.15) is 5.69 Å². The van der Waals surface area contributed by atoms with Gasteiger partial charge in [-0.2, -0.15) is 10.2 Å². The summed E-state index contributed by atoms with van der Waals surface area (Å²) in [7, 11) is 0. The first kappa shape index (κ1) is 14.1. The average molecular weight is 290 g/mol. The molecule has 0 unspecified atom stereocenters. The molecule has 0 aliphatic carbocycles. The van der Waals surface area contributed by atoms with E-state index in [4.69, 9.17) is 0 Å². The van der Waals surface area contributed by atoms with Crippen LogP contribution in [0.5, 0.6) is 0 Å². The summed E-state index contributed by atoms with van der Waals surface area (Å²) in [5, 5.41) is 29.3. The van der Waals surface area contributed by atoms with E-state index in [1.807, 2.05) is 0 Å². The second-order valence-corrected chi connectivity index (χ2v) is 3.87. The van der Waals surface area contributed by atoms with Crippen LogP contribution < -0.4 is 5.43 Å². The minimum Gasteiger partial charge on any atom is -0.272 e. The number of hydrogen-bond donors (Lipinski definition) is 1. The van der Waals surface area contributed by atoms with Crippen LogP contribution in [-0.4, -0.2) is 25.8 Å². The third-order valence-electron chi connectivity index (χ3n) is 2.49. The first-order valence-corrected chi connectivity index (χ1v) is 5.75. The van der Waals surface area contributed by atoms with E-state index in [-0.39, 0.29) is 11.4 Å². The molecule has 1 N–H and O–H groups in total. The van der Waals surface area contributed by atoms with Gasteiger partial charge < -0.3 is 0 Å². The molecule has 0 amide bonds. The molecule has 1 aromatic carbocycles. The molecular formula is C11H10N6O4. The van der Waals surface area contributed by atoms with Crippen LogP contribution in [0.2, 0.25) is 0 Å². The van der Waals surface area contributed by atoms with Crippen molar-refractivity contribution in [1.82, 2.24) is 9.78 Å². The van der Waals surface area contributed by atoms with Crippen LogP contribution in [0.3, 0.4) is 0 Å². The number of nitro benzene ring substituents is 2. The Morgan fingerprint density at radius 1 is 1.33 bits per heavy atom. The Morgan fingerprint density at radius 3 is 2.76 bits per heavy atom. The molecule has 10 nitrogen and oxygen atoms in total. The fourth-order valence-corrected chi connectivity index (χ4v) is 1.53. The zero-order chi connectivity index (χ0) is 15.2. The second kappa shape index (κ2) is 6.23. The third-order valence-corrected chi connectivity index (χ3v) is 2.49.